The van der Waals surface area contributed by atoms with Gasteiger partial charge in [0.2, 0.25) is 0 Å². The Morgan fingerprint density at radius 1 is 1.39 bits per heavy atom. The van der Waals surface area contributed by atoms with Crippen LogP contribution in [0.15, 0.2) is 18.2 Å². The van der Waals surface area contributed by atoms with Crippen molar-refractivity contribution in [1.82, 2.24) is 10.2 Å². The average Bonchev–Trinajstić information content (AvgIpc) is 3.07. The van der Waals surface area contributed by atoms with Crippen molar-refractivity contribution < 1.29 is 14.3 Å². The molecule has 0 aromatic heterocycles. The highest BCUT2D eigenvalue weighted by atomic mass is 32.1. The minimum Gasteiger partial charge on any atom is -0.493 e. The number of thiocarbonyl (C=S) groups is 1. The summed E-state index contributed by atoms with van der Waals surface area (Å²) in [7, 11) is 0. The van der Waals surface area contributed by atoms with Gasteiger partial charge in [0, 0.05) is 42.3 Å². The molecule has 4 N–H and O–H groups in total. The van der Waals surface area contributed by atoms with Crippen molar-refractivity contribution in [3.05, 3.63) is 23.8 Å². The van der Waals surface area contributed by atoms with Gasteiger partial charge in [0.25, 0.3) is 0 Å². The zero-order valence-electron chi connectivity index (χ0n) is 17.0. The molecule has 3 atom stereocenters. The lowest BCUT2D eigenvalue weighted by Crippen LogP contribution is -2.64. The van der Waals surface area contributed by atoms with Crippen LogP contribution in [-0.2, 0) is 11.2 Å². The normalized spacial score (nSPS) is 24.2. The largest absolute Gasteiger partial charge is 0.493 e. The Kier molecular flexibility index (Phi) is 6.00. The fraction of sp³-hybridized carbons (Fsp3) is 0.600. The average molecular weight is 407 g/mol. The van der Waals surface area contributed by atoms with Crippen LogP contribution < -0.4 is 21.1 Å². The summed E-state index contributed by atoms with van der Waals surface area (Å²) in [4.78, 5) is 14.1. The van der Waals surface area contributed by atoms with Crippen molar-refractivity contribution >= 4 is 29.1 Å². The van der Waals surface area contributed by atoms with Gasteiger partial charge in [0.1, 0.15) is 11.4 Å². The van der Waals surface area contributed by atoms with E-state index in [-0.39, 0.29) is 24.2 Å². The van der Waals surface area contributed by atoms with Gasteiger partial charge in [0.05, 0.1) is 6.61 Å². The summed E-state index contributed by atoms with van der Waals surface area (Å²) < 4.78 is 11.1. The Labute approximate surface area is 171 Å². The van der Waals surface area contributed by atoms with Gasteiger partial charge in [-0.3, -0.25) is 0 Å². The molecule has 0 aliphatic carbocycles. The van der Waals surface area contributed by atoms with Gasteiger partial charge in [-0.1, -0.05) is 6.07 Å². The number of carbonyl (C=O) groups is 1. The minimum atomic E-state index is -0.527. The van der Waals surface area contributed by atoms with Crippen LogP contribution >= 0.6 is 12.2 Å². The van der Waals surface area contributed by atoms with Gasteiger partial charge in [-0.2, -0.15) is 0 Å². The van der Waals surface area contributed by atoms with E-state index >= 15 is 0 Å². The minimum absolute atomic E-state index is 0.0262. The van der Waals surface area contributed by atoms with Crippen LogP contribution in [0.2, 0.25) is 0 Å². The number of fused-ring (bicyclic) bond motifs is 1. The lowest BCUT2D eigenvalue weighted by molar-refractivity contribution is 0.00675. The number of amides is 1. The van der Waals surface area contributed by atoms with Crippen molar-refractivity contribution in [2.24, 2.45) is 5.73 Å². The van der Waals surface area contributed by atoms with Crippen molar-refractivity contribution in [1.29, 1.82) is 0 Å². The number of nitrogens with zero attached hydrogens (tertiary/aromatic N) is 1. The van der Waals surface area contributed by atoms with E-state index in [1.165, 1.54) is 0 Å². The zero-order chi connectivity index (χ0) is 20.5. The van der Waals surface area contributed by atoms with E-state index in [9.17, 15) is 4.79 Å². The van der Waals surface area contributed by atoms with Gasteiger partial charge in [-0.15, -0.1) is 0 Å². The summed E-state index contributed by atoms with van der Waals surface area (Å²) in [5, 5.41) is 7.12. The predicted molar refractivity (Wildman–Crippen MR) is 114 cm³/mol. The maximum atomic E-state index is 12.4. The summed E-state index contributed by atoms with van der Waals surface area (Å²) >= 11 is 5.51. The van der Waals surface area contributed by atoms with Crippen LogP contribution in [0.25, 0.3) is 0 Å². The first kappa shape index (κ1) is 20.7. The predicted octanol–water partition coefficient (Wildman–Crippen LogP) is 2.63. The molecule has 8 heteroatoms. The first-order valence-corrected chi connectivity index (χ1v) is 10.1. The summed E-state index contributed by atoms with van der Waals surface area (Å²) in [6.45, 7) is 8.79. The number of nitrogens with one attached hydrogen (secondary N) is 2. The first-order valence-electron chi connectivity index (χ1n) is 9.73. The van der Waals surface area contributed by atoms with Crippen LogP contribution in [0.5, 0.6) is 5.75 Å². The third-order valence-corrected chi connectivity index (χ3v) is 5.35. The van der Waals surface area contributed by atoms with Gasteiger partial charge in [0.15, 0.2) is 5.11 Å². The highest BCUT2D eigenvalue weighted by Gasteiger charge is 2.37. The van der Waals surface area contributed by atoms with Crippen LogP contribution in [0.4, 0.5) is 10.5 Å². The maximum Gasteiger partial charge on any atom is 0.410 e. The Balaban J connectivity index is 1.58. The second-order valence-corrected chi connectivity index (χ2v) is 8.77. The molecule has 0 bridgehead atoms. The molecule has 0 unspecified atom stereocenters. The highest BCUT2D eigenvalue weighted by molar-refractivity contribution is 7.80. The second-order valence-electron chi connectivity index (χ2n) is 8.37. The van der Waals surface area contributed by atoms with E-state index in [1.807, 2.05) is 45.9 Å². The molecule has 0 saturated carbocycles. The Bertz CT molecular complexity index is 749. The van der Waals surface area contributed by atoms with Crippen LogP contribution in [0.1, 0.15) is 39.7 Å². The fourth-order valence-electron chi connectivity index (χ4n) is 3.63. The molecule has 2 heterocycles. The van der Waals surface area contributed by atoms with Gasteiger partial charge < -0.3 is 30.7 Å². The van der Waals surface area contributed by atoms with E-state index in [0.29, 0.717) is 24.7 Å². The van der Waals surface area contributed by atoms with E-state index in [1.54, 1.807) is 4.90 Å². The molecule has 1 fully saturated rings. The van der Waals surface area contributed by atoms with Gasteiger partial charge >= 0.3 is 6.09 Å². The quantitative estimate of drug-likeness (QED) is 0.651. The summed E-state index contributed by atoms with van der Waals surface area (Å²) in [5.74, 6) is 0.906. The topological polar surface area (TPSA) is 88.9 Å². The molecule has 0 spiro atoms. The SMILES string of the molecule is C[C@H]1[C@@H](N)[C@@H](NC(=S)Nc2cccc3c2CCO3)CCN1C(=O)OC(C)(C)C. The maximum absolute atomic E-state index is 12.4. The van der Waals surface area contributed by atoms with Crippen molar-refractivity contribution in [2.75, 3.05) is 18.5 Å². The Morgan fingerprint density at radius 3 is 2.86 bits per heavy atom. The molecule has 3 rings (SSSR count). The number of benzene rings is 1. The molecule has 1 amide bonds. The molecule has 1 aromatic carbocycles. The number of hydrogen-bond donors (Lipinski definition) is 3. The van der Waals surface area contributed by atoms with Gasteiger partial charge in [-0.25, -0.2) is 4.79 Å². The molecule has 2 aliphatic heterocycles. The standard InChI is InChI=1S/C20H30N4O3S/c1-12-17(21)15(8-10-24(12)19(25)27-20(2,3)4)23-18(28)22-14-6-5-7-16-13(14)9-11-26-16/h5-7,12,15,17H,8-11,21H2,1-4H3,(H2,22,23,28)/t12-,15-,17+/m0/s1. The molecule has 28 heavy (non-hydrogen) atoms. The molecular formula is C20H30N4O3S. The molecule has 1 aromatic rings. The molecule has 2 aliphatic rings. The summed E-state index contributed by atoms with van der Waals surface area (Å²) in [6, 6.07) is 5.47. The van der Waals surface area contributed by atoms with Crippen molar-refractivity contribution in [3.8, 4) is 5.75 Å². The smallest absolute Gasteiger partial charge is 0.410 e. The molecule has 7 nitrogen and oxygen atoms in total. The number of carbonyl (C=O) groups excluding carboxylic acids is 1. The van der Waals surface area contributed by atoms with Gasteiger partial charge in [-0.05, 0) is 58.5 Å². The second kappa shape index (κ2) is 8.13. The van der Waals surface area contributed by atoms with Crippen LogP contribution in [0, 0.1) is 0 Å². The fourth-order valence-corrected chi connectivity index (χ4v) is 3.89. The third kappa shape index (κ3) is 4.67. The monoisotopic (exact) mass is 406 g/mol. The third-order valence-electron chi connectivity index (χ3n) is 5.13. The van der Waals surface area contributed by atoms with E-state index < -0.39 is 5.60 Å². The first-order chi connectivity index (χ1) is 13.2. The number of hydrogen-bond acceptors (Lipinski definition) is 5. The number of anilines is 1. The van der Waals surface area contributed by atoms with E-state index in [4.69, 9.17) is 27.4 Å². The summed E-state index contributed by atoms with van der Waals surface area (Å²) in [5.41, 5.74) is 8.00. The number of rotatable bonds is 2. The zero-order valence-corrected chi connectivity index (χ0v) is 17.8. The van der Waals surface area contributed by atoms with E-state index in [0.717, 1.165) is 23.4 Å². The highest BCUT2D eigenvalue weighted by Crippen LogP contribution is 2.31. The number of nitrogens with two attached hydrogens (primary N) is 1. The summed E-state index contributed by atoms with van der Waals surface area (Å²) in [6.07, 6.45) is 1.24. The molecule has 0 radical (unpaired) electrons. The number of ether oxygens (including phenoxy) is 2. The number of likely N-dealkylation sites (tertiary alicyclic amines) is 1. The molecular weight excluding hydrogens is 376 g/mol. The van der Waals surface area contributed by atoms with E-state index in [2.05, 4.69) is 10.6 Å². The van der Waals surface area contributed by atoms with Crippen LogP contribution in [0.3, 0.4) is 0 Å². The number of piperidine rings is 1. The molecule has 154 valence electrons. The Hall–Kier alpha value is -2.06. The van der Waals surface area contributed by atoms with Crippen molar-refractivity contribution in [2.45, 2.75) is 64.3 Å². The molecule has 1 saturated heterocycles. The Morgan fingerprint density at radius 2 is 2.14 bits per heavy atom. The lowest BCUT2D eigenvalue weighted by Gasteiger charge is -2.43. The van der Waals surface area contributed by atoms with Crippen LogP contribution in [-0.4, -0.2) is 53.0 Å². The van der Waals surface area contributed by atoms with Crippen molar-refractivity contribution in [3.63, 3.8) is 0 Å². The lowest BCUT2D eigenvalue weighted by atomic mass is 9.93.